The summed E-state index contributed by atoms with van der Waals surface area (Å²) in [6.07, 6.45) is 2.17. The number of likely N-dealkylation sites (tertiary alicyclic amines) is 1. The fourth-order valence-corrected chi connectivity index (χ4v) is 3.90. The maximum Gasteiger partial charge on any atom is 0.240 e. The highest BCUT2D eigenvalue weighted by Gasteiger charge is 2.21. The summed E-state index contributed by atoms with van der Waals surface area (Å²) in [6.45, 7) is 4.18. The molecule has 0 amide bonds. The Kier molecular flexibility index (Phi) is 5.37. The molecule has 21 heavy (non-hydrogen) atoms. The minimum absolute atomic E-state index is 0.150. The minimum atomic E-state index is -3.51. The fourth-order valence-electron chi connectivity index (χ4n) is 2.74. The molecule has 118 valence electrons. The first-order chi connectivity index (χ1) is 9.92. The summed E-state index contributed by atoms with van der Waals surface area (Å²) in [4.78, 5) is 2.46. The van der Waals surface area contributed by atoms with Gasteiger partial charge in [0.15, 0.2) is 0 Å². The number of hydrogen-bond donors (Lipinski definition) is 2. The number of aliphatic hydroxyl groups excluding tert-OH is 1. The second kappa shape index (κ2) is 6.87. The van der Waals surface area contributed by atoms with Crippen LogP contribution in [-0.4, -0.2) is 45.1 Å². The Hall–Kier alpha value is -0.950. The van der Waals surface area contributed by atoms with Crippen LogP contribution in [0, 0.1) is 12.8 Å². The molecule has 0 aromatic heterocycles. The zero-order chi connectivity index (χ0) is 15.5. The number of aliphatic hydroxyl groups is 1. The van der Waals surface area contributed by atoms with Crippen LogP contribution in [-0.2, 0) is 16.6 Å². The molecule has 2 N–H and O–H groups in total. The molecule has 1 aliphatic rings. The minimum Gasteiger partial charge on any atom is -0.392 e. The second-order valence-corrected chi connectivity index (χ2v) is 7.64. The van der Waals surface area contributed by atoms with Crippen LogP contribution in [0.1, 0.15) is 24.0 Å². The number of hydrogen-bond acceptors (Lipinski definition) is 4. The lowest BCUT2D eigenvalue weighted by atomic mass is 9.99. The van der Waals surface area contributed by atoms with Crippen LogP contribution in [0.3, 0.4) is 0 Å². The van der Waals surface area contributed by atoms with Gasteiger partial charge in [-0.2, -0.15) is 0 Å². The number of sulfonamides is 1. The fraction of sp³-hybridized carbons (Fsp3) is 0.600. The quantitative estimate of drug-likeness (QED) is 0.854. The predicted molar refractivity (Wildman–Crippen MR) is 82.5 cm³/mol. The van der Waals surface area contributed by atoms with E-state index in [9.17, 15) is 13.5 Å². The van der Waals surface area contributed by atoms with E-state index in [1.165, 1.54) is 0 Å². The van der Waals surface area contributed by atoms with Crippen molar-refractivity contribution in [3.8, 4) is 0 Å². The first-order valence-corrected chi connectivity index (χ1v) is 8.79. The highest BCUT2D eigenvalue weighted by molar-refractivity contribution is 7.89. The molecule has 1 aromatic rings. The van der Waals surface area contributed by atoms with Gasteiger partial charge in [0.25, 0.3) is 0 Å². The Morgan fingerprint density at radius 3 is 2.86 bits per heavy atom. The smallest absolute Gasteiger partial charge is 0.240 e. The zero-order valence-electron chi connectivity index (χ0n) is 12.7. The molecule has 1 fully saturated rings. The molecule has 1 heterocycles. The van der Waals surface area contributed by atoms with Crippen LogP contribution >= 0.6 is 0 Å². The molecule has 1 aliphatic heterocycles. The Bertz CT molecular complexity index is 587. The molecule has 5 nitrogen and oxygen atoms in total. The number of nitrogens with zero attached hydrogens (tertiary/aromatic N) is 1. The van der Waals surface area contributed by atoms with Gasteiger partial charge in [0.1, 0.15) is 0 Å². The van der Waals surface area contributed by atoms with Crippen molar-refractivity contribution in [2.75, 3.05) is 26.7 Å². The molecule has 1 unspecified atom stereocenters. The maximum absolute atomic E-state index is 12.3. The van der Waals surface area contributed by atoms with E-state index in [1.54, 1.807) is 18.2 Å². The first kappa shape index (κ1) is 16.4. The van der Waals surface area contributed by atoms with Gasteiger partial charge in [-0.25, -0.2) is 13.1 Å². The zero-order valence-corrected chi connectivity index (χ0v) is 13.5. The molecule has 0 spiro atoms. The lowest BCUT2D eigenvalue weighted by Gasteiger charge is -2.29. The van der Waals surface area contributed by atoms with Crippen LogP contribution in [0.4, 0.5) is 0 Å². The average molecular weight is 312 g/mol. The van der Waals surface area contributed by atoms with Gasteiger partial charge in [-0.1, -0.05) is 6.07 Å². The molecule has 1 atom stereocenters. The number of benzene rings is 1. The molecule has 6 heteroatoms. The number of piperidine rings is 1. The molecule has 1 saturated heterocycles. The van der Waals surface area contributed by atoms with Gasteiger partial charge in [-0.05, 0) is 62.5 Å². The van der Waals surface area contributed by atoms with Crippen molar-refractivity contribution in [1.29, 1.82) is 0 Å². The second-order valence-electron chi connectivity index (χ2n) is 5.87. The van der Waals surface area contributed by atoms with E-state index in [0.717, 1.165) is 31.5 Å². The topological polar surface area (TPSA) is 69.6 Å². The standard InChI is InChI=1S/C15H24N2O3S/c1-12-5-6-15(8-14(12)11-18)21(19,20)16-9-13-4-3-7-17(2)10-13/h5-6,8,13,16,18H,3-4,7,9-11H2,1-2H3. The van der Waals surface area contributed by atoms with Gasteiger partial charge in [-0.3, -0.25) is 0 Å². The number of aryl methyl sites for hydroxylation is 1. The monoisotopic (exact) mass is 312 g/mol. The van der Waals surface area contributed by atoms with E-state index in [4.69, 9.17) is 0 Å². The van der Waals surface area contributed by atoms with Crippen LogP contribution < -0.4 is 4.72 Å². The van der Waals surface area contributed by atoms with E-state index in [0.29, 0.717) is 18.0 Å². The summed E-state index contributed by atoms with van der Waals surface area (Å²) in [5, 5.41) is 9.25. The van der Waals surface area contributed by atoms with Gasteiger partial charge < -0.3 is 10.0 Å². The van der Waals surface area contributed by atoms with Gasteiger partial charge in [0, 0.05) is 13.1 Å². The third-order valence-electron chi connectivity index (χ3n) is 4.09. The normalized spacial score (nSPS) is 20.6. The first-order valence-electron chi connectivity index (χ1n) is 7.31. The van der Waals surface area contributed by atoms with Crippen molar-refractivity contribution in [1.82, 2.24) is 9.62 Å². The molecule has 2 rings (SSSR count). The lowest BCUT2D eigenvalue weighted by molar-refractivity contribution is 0.211. The maximum atomic E-state index is 12.3. The van der Waals surface area contributed by atoms with Gasteiger partial charge in [0.2, 0.25) is 10.0 Å². The average Bonchev–Trinajstić information content (AvgIpc) is 2.46. The third kappa shape index (κ3) is 4.26. The van der Waals surface area contributed by atoms with Gasteiger partial charge in [0.05, 0.1) is 11.5 Å². The molecule has 1 aromatic carbocycles. The third-order valence-corrected chi connectivity index (χ3v) is 5.51. The van der Waals surface area contributed by atoms with Crippen molar-refractivity contribution in [2.24, 2.45) is 5.92 Å². The Balaban J connectivity index is 2.04. The Morgan fingerprint density at radius 2 is 2.19 bits per heavy atom. The van der Waals surface area contributed by atoms with Crippen molar-refractivity contribution in [3.63, 3.8) is 0 Å². The number of nitrogens with one attached hydrogen (secondary N) is 1. The van der Waals surface area contributed by atoms with Crippen LogP contribution in [0.2, 0.25) is 0 Å². The Morgan fingerprint density at radius 1 is 1.43 bits per heavy atom. The van der Waals surface area contributed by atoms with E-state index in [-0.39, 0.29) is 11.5 Å². The summed E-state index contributed by atoms with van der Waals surface area (Å²) >= 11 is 0. The summed E-state index contributed by atoms with van der Waals surface area (Å²) in [5.41, 5.74) is 1.54. The molecule has 0 radical (unpaired) electrons. The SMILES string of the molecule is Cc1ccc(S(=O)(=O)NCC2CCCN(C)C2)cc1CO. The van der Waals surface area contributed by atoms with E-state index in [2.05, 4.69) is 16.7 Å². The Labute approximate surface area is 127 Å². The highest BCUT2D eigenvalue weighted by atomic mass is 32.2. The number of rotatable bonds is 5. The van der Waals surface area contributed by atoms with E-state index >= 15 is 0 Å². The van der Waals surface area contributed by atoms with Crippen molar-refractivity contribution in [3.05, 3.63) is 29.3 Å². The van der Waals surface area contributed by atoms with Crippen LogP contribution in [0.15, 0.2) is 23.1 Å². The van der Waals surface area contributed by atoms with Gasteiger partial charge in [-0.15, -0.1) is 0 Å². The van der Waals surface area contributed by atoms with Gasteiger partial charge >= 0.3 is 0 Å². The molecule has 0 saturated carbocycles. The summed E-state index contributed by atoms with van der Waals surface area (Å²) in [7, 11) is -1.44. The van der Waals surface area contributed by atoms with E-state index < -0.39 is 10.0 Å². The van der Waals surface area contributed by atoms with E-state index in [1.807, 2.05) is 6.92 Å². The largest absolute Gasteiger partial charge is 0.392 e. The van der Waals surface area contributed by atoms with Crippen molar-refractivity contribution in [2.45, 2.75) is 31.3 Å². The van der Waals surface area contributed by atoms with Crippen molar-refractivity contribution >= 4 is 10.0 Å². The summed E-state index contributed by atoms with van der Waals surface area (Å²) < 4.78 is 27.4. The highest BCUT2D eigenvalue weighted by Crippen LogP contribution is 2.18. The van der Waals surface area contributed by atoms with Crippen LogP contribution in [0.25, 0.3) is 0 Å². The molecule has 0 bridgehead atoms. The van der Waals surface area contributed by atoms with Crippen molar-refractivity contribution < 1.29 is 13.5 Å². The predicted octanol–water partition coefficient (Wildman–Crippen LogP) is 1.11. The van der Waals surface area contributed by atoms with Crippen LogP contribution in [0.5, 0.6) is 0 Å². The molecule has 0 aliphatic carbocycles. The summed E-state index contributed by atoms with van der Waals surface area (Å²) in [5.74, 6) is 0.362. The molecular weight excluding hydrogens is 288 g/mol. The summed E-state index contributed by atoms with van der Waals surface area (Å²) in [6, 6.07) is 4.86. The lowest BCUT2D eigenvalue weighted by Crippen LogP contribution is -2.39. The molecular formula is C15H24N2O3S.